The van der Waals surface area contributed by atoms with Crippen molar-refractivity contribution in [2.24, 2.45) is 22.9 Å². The summed E-state index contributed by atoms with van der Waals surface area (Å²) >= 11 is 8.10. The molecule has 29 N–H and O–H groups in total. The van der Waals surface area contributed by atoms with Gasteiger partial charge in [-0.3, -0.25) is 81.5 Å². The van der Waals surface area contributed by atoms with Gasteiger partial charge < -0.3 is 133 Å². The highest BCUT2D eigenvalue weighted by molar-refractivity contribution is 7.80. The molecule has 0 saturated heterocycles. The Morgan fingerprint density at radius 1 is 0.370 bits per heavy atom. The summed E-state index contributed by atoms with van der Waals surface area (Å²) in [6.07, 6.45) is -3.42. The van der Waals surface area contributed by atoms with Crippen LogP contribution in [0.2, 0.25) is 0 Å². The number of amides is 17. The van der Waals surface area contributed by atoms with E-state index in [4.69, 9.17) is 22.9 Å². The molecule has 15 atom stereocenters. The van der Waals surface area contributed by atoms with Crippen molar-refractivity contribution in [3.63, 3.8) is 0 Å². The highest BCUT2D eigenvalue weighted by atomic mass is 32.1. The number of aromatic nitrogens is 1. The molecule has 45 heteroatoms. The number of unbranched alkanes of at least 4 members (excludes halogenated alkanes) is 2. The average Bonchev–Trinajstić information content (AvgIpc) is 1.62. The van der Waals surface area contributed by atoms with E-state index in [2.05, 4.69) is 115 Å². The lowest BCUT2D eigenvalue weighted by Crippen LogP contribution is -2.63. The Hall–Kier alpha value is -12.7. The van der Waals surface area contributed by atoms with Gasteiger partial charge in [-0.2, -0.15) is 25.3 Å². The molecule has 127 heavy (non-hydrogen) atoms. The van der Waals surface area contributed by atoms with Crippen LogP contribution < -0.4 is 108 Å². The summed E-state index contributed by atoms with van der Waals surface area (Å²) in [5.41, 5.74) is 25.0. The molecule has 17 amide bonds. The number of carboxylic acid groups (broad SMARTS) is 1. The number of hydrogen-bond donors (Lipinski definition) is 27. The van der Waals surface area contributed by atoms with Crippen LogP contribution in [0.15, 0.2) is 121 Å². The number of fused-ring (bicyclic) bond motifs is 1. The normalized spacial score (nSPS) is 14.6. The Morgan fingerprint density at radius 3 is 1.17 bits per heavy atom. The molecule has 0 unspecified atom stereocenters. The van der Waals surface area contributed by atoms with E-state index in [1.54, 1.807) is 121 Å². The lowest BCUT2D eigenvalue weighted by molar-refractivity contribution is -0.142. The Balaban J connectivity index is 1.42. The zero-order valence-electron chi connectivity index (χ0n) is 70.2. The van der Waals surface area contributed by atoms with Gasteiger partial charge in [-0.05, 0) is 101 Å². The van der Waals surface area contributed by atoms with Gasteiger partial charge in [0.05, 0.1) is 51.4 Å². The van der Waals surface area contributed by atoms with Gasteiger partial charge in [0.1, 0.15) is 78.5 Å². The van der Waals surface area contributed by atoms with E-state index in [1.165, 1.54) is 6.92 Å². The number of aromatic amines is 1. The number of carbonyl (C=O) groups is 18. The van der Waals surface area contributed by atoms with E-state index in [0.717, 1.165) is 13.8 Å². The minimum absolute atomic E-state index is 0.109. The van der Waals surface area contributed by atoms with Gasteiger partial charge in [0.25, 0.3) is 0 Å². The Bertz CT molecular complexity index is 4560. The van der Waals surface area contributed by atoms with Gasteiger partial charge in [0.15, 0.2) is 0 Å². The third-order valence-electron chi connectivity index (χ3n) is 19.5. The first-order valence-corrected chi connectivity index (χ1v) is 42.0. The van der Waals surface area contributed by atoms with E-state index in [-0.39, 0.29) is 88.9 Å². The molecule has 0 aliphatic rings. The monoisotopic (exact) mass is 1810 g/mol. The molecule has 1 heterocycles. The first kappa shape index (κ1) is 105. The fourth-order valence-corrected chi connectivity index (χ4v) is 13.1. The number of carbonyl (C=O) groups excluding carboxylic acids is 17. The largest absolute Gasteiger partial charge is 0.480 e. The van der Waals surface area contributed by atoms with Crippen LogP contribution in [-0.2, 0) is 112 Å². The number of thiol groups is 2. The number of rotatable bonds is 56. The lowest BCUT2D eigenvalue weighted by atomic mass is 10.00. The van der Waals surface area contributed by atoms with Gasteiger partial charge in [-0.15, -0.1) is 0 Å². The molecule has 5 rings (SSSR count). The second-order valence-electron chi connectivity index (χ2n) is 29.6. The second kappa shape index (κ2) is 55.0. The van der Waals surface area contributed by atoms with Crippen molar-refractivity contribution < 1.29 is 107 Å². The van der Waals surface area contributed by atoms with E-state index >= 15 is 14.4 Å². The molecule has 0 saturated carbocycles. The molecule has 0 spiro atoms. The van der Waals surface area contributed by atoms with Crippen LogP contribution in [0.4, 0.5) is 0 Å². The summed E-state index contributed by atoms with van der Waals surface area (Å²) in [6.45, 7) is 0.515. The van der Waals surface area contributed by atoms with E-state index in [0.29, 0.717) is 39.6 Å². The lowest BCUT2D eigenvalue weighted by Gasteiger charge is -2.29. The first-order valence-electron chi connectivity index (χ1n) is 40.7. The van der Waals surface area contributed by atoms with Crippen LogP contribution in [0.25, 0.3) is 10.9 Å². The number of para-hydroxylation sites is 1. The predicted molar refractivity (Wildman–Crippen MR) is 467 cm³/mol. The van der Waals surface area contributed by atoms with Crippen LogP contribution in [-0.4, -0.2) is 280 Å². The number of aliphatic hydroxyl groups excluding tert-OH is 3. The molecule has 0 fully saturated rings. The Kier molecular flexibility index (Phi) is 45.4. The third kappa shape index (κ3) is 36.4. The summed E-state index contributed by atoms with van der Waals surface area (Å²) in [5.74, 6) is -19.3. The van der Waals surface area contributed by atoms with Crippen LogP contribution in [0.1, 0.15) is 88.0 Å². The predicted octanol–water partition coefficient (Wildman–Crippen LogP) is -8.10. The van der Waals surface area contributed by atoms with Crippen molar-refractivity contribution >= 4 is 143 Å². The van der Waals surface area contributed by atoms with Crippen LogP contribution >= 0.6 is 25.3 Å². The number of aliphatic hydroxyl groups is 3. The summed E-state index contributed by atoms with van der Waals surface area (Å²) < 4.78 is 0. The van der Waals surface area contributed by atoms with Crippen molar-refractivity contribution in [1.82, 2.24) is 90.1 Å². The minimum Gasteiger partial charge on any atom is -0.480 e. The second-order valence-corrected chi connectivity index (χ2v) is 30.4. The SMILES string of the molecule is C[C@H](NC(=O)CNC(=O)CNC(=O)CN)C(=O)NCC(=O)N[C@@H](CS)C(=O)N[C@@H](CCCCN)C(=O)N[C@@H](CC(N)=O)C(=O)N[C@@H](Cc1ccccc1)C(=O)N[C@@H](Cc1ccccc1)C(=O)N[C@@H](Cc1c[nH]c2ccccc12)C(=O)N[C@@H](CCCCN)C(=O)N[C@H](C(=O)N[C@@H](Cc1ccccc1)C(=O)N[C@H](C(=O)N[C@@H](CO)C(=O)N[C@@H](CS)C(=O)O)[C@@H](C)O)[C@@H](C)O. The van der Waals surface area contributed by atoms with E-state index in [9.17, 15) is 92.3 Å². The third-order valence-corrected chi connectivity index (χ3v) is 20.3. The van der Waals surface area contributed by atoms with Crippen molar-refractivity contribution in [2.75, 3.05) is 57.4 Å². The molecule has 4 aromatic carbocycles. The van der Waals surface area contributed by atoms with Gasteiger partial charge in [-0.25, -0.2) is 4.79 Å². The van der Waals surface area contributed by atoms with E-state index in [1.807, 2.05) is 0 Å². The minimum atomic E-state index is -1.93. The molecule has 692 valence electrons. The number of benzene rings is 4. The van der Waals surface area contributed by atoms with Crippen molar-refractivity contribution in [3.05, 3.63) is 144 Å². The van der Waals surface area contributed by atoms with Crippen molar-refractivity contribution in [1.29, 1.82) is 0 Å². The molecule has 0 aliphatic carbocycles. The highest BCUT2D eigenvalue weighted by Crippen LogP contribution is 2.21. The number of nitrogens with two attached hydrogens (primary N) is 4. The fourth-order valence-electron chi connectivity index (χ4n) is 12.6. The highest BCUT2D eigenvalue weighted by Gasteiger charge is 2.40. The standard InChI is InChI=1S/C82H115N21O22S2/c1-44(91-66(110)39-89-65(109)38-88-64(108)36-85)70(112)90-40-67(111)92-61(42-126)79(121)94-53(27-15-17-29-83)71(113)98-59(35-63(86)107)76(118)96-55(31-47-19-7-4-8-20-47)73(115)95-56(32-48-21-9-5-10-22-48)74(116)97-58(34-50-37-87-52-26-14-13-25-51(50)52)75(117)93-54(28-16-18-30-84)72(114)102-68(45(2)105)80(122)99-57(33-49-23-11-6-12-24-49)77(119)103-69(46(3)106)81(123)100-60(41-104)78(120)101-62(43-127)82(124)125/h4-14,19-26,37,44-46,53-62,68-69,87,104-106,126-127H,15-18,27-36,38-43,83-85H2,1-3H3,(H2,86,107)(H,88,108)(H,89,109)(H,90,112)(H,91,110)(H,92,111)(H,93,117)(H,94,121)(H,95,115)(H,96,118)(H,97,116)(H,98,113)(H,99,122)(H,100,123)(H,101,120)(H,102,114)(H,103,119)(H,124,125)/t44-,45+,46+,53-,54-,55-,56-,57-,58-,59-,60-,61-,62-,68-,69-/m0/s1. The van der Waals surface area contributed by atoms with Crippen molar-refractivity contribution in [2.45, 2.75) is 182 Å². The summed E-state index contributed by atoms with van der Waals surface area (Å²) in [4.78, 5) is 249. The van der Waals surface area contributed by atoms with Crippen LogP contribution in [0.3, 0.4) is 0 Å². The maximum atomic E-state index is 15.4. The zero-order valence-corrected chi connectivity index (χ0v) is 72.0. The maximum absolute atomic E-state index is 15.4. The fraction of sp³-hybridized carbons (Fsp3) is 0.463. The molecular formula is C82H115N21O22S2. The number of primary amides is 1. The molecule has 43 nitrogen and oxygen atoms in total. The number of nitrogens with one attached hydrogen (secondary N) is 17. The van der Waals surface area contributed by atoms with Gasteiger partial charge in [0.2, 0.25) is 100 Å². The zero-order chi connectivity index (χ0) is 93.8. The molecule has 1 aromatic heterocycles. The number of carboxylic acids is 1. The topological polar surface area (TPSA) is 701 Å². The van der Waals surface area contributed by atoms with Crippen LogP contribution in [0.5, 0.6) is 0 Å². The van der Waals surface area contributed by atoms with Gasteiger partial charge >= 0.3 is 5.97 Å². The smallest absolute Gasteiger partial charge is 0.327 e. The molecule has 5 aromatic rings. The Morgan fingerprint density at radius 2 is 0.724 bits per heavy atom. The molecular weight excluding hydrogens is 1700 g/mol. The maximum Gasteiger partial charge on any atom is 0.327 e. The van der Waals surface area contributed by atoms with E-state index < -0.39 is 230 Å². The molecule has 0 bridgehead atoms. The van der Waals surface area contributed by atoms with Crippen LogP contribution in [0, 0.1) is 0 Å². The summed E-state index contributed by atoms with van der Waals surface area (Å²) in [7, 11) is 0. The first-order chi connectivity index (χ1) is 60.5. The van der Waals surface area contributed by atoms with Crippen molar-refractivity contribution in [3.8, 4) is 0 Å². The number of hydrogen-bond acceptors (Lipinski definition) is 26. The molecule has 0 aliphatic heterocycles. The summed E-state index contributed by atoms with van der Waals surface area (Å²) in [6, 6.07) is 9.87. The number of H-pyrrole nitrogens is 1. The van der Waals surface area contributed by atoms with Gasteiger partial charge in [-0.1, -0.05) is 109 Å². The molecule has 0 radical (unpaired) electrons. The average molecular weight is 1810 g/mol. The Labute approximate surface area is 741 Å². The number of aliphatic carboxylic acids is 1. The van der Waals surface area contributed by atoms with Gasteiger partial charge in [0, 0.05) is 54.3 Å². The quantitative estimate of drug-likeness (QED) is 0.0127. The summed E-state index contributed by atoms with van der Waals surface area (Å²) in [5, 5.41) is 81.0.